The fourth-order valence-corrected chi connectivity index (χ4v) is 2.82. The van der Waals surface area contributed by atoms with Crippen molar-refractivity contribution >= 4 is 22.6 Å². The summed E-state index contributed by atoms with van der Waals surface area (Å²) in [5, 5.41) is 17.1. The number of aromatic nitrogens is 1. The highest BCUT2D eigenvalue weighted by atomic mass is 16.3. The number of benzene rings is 1. The topological polar surface area (TPSA) is 90.3 Å². The summed E-state index contributed by atoms with van der Waals surface area (Å²) in [6.07, 6.45) is 1.85. The summed E-state index contributed by atoms with van der Waals surface area (Å²) in [5.41, 5.74) is 1.17. The number of carbonyl (C=O) groups is 1. The third-order valence-electron chi connectivity index (χ3n) is 4.03. The lowest BCUT2D eigenvalue weighted by atomic mass is 9.96. The van der Waals surface area contributed by atoms with E-state index in [2.05, 4.69) is 15.6 Å². The Morgan fingerprint density at radius 1 is 1.29 bits per heavy atom. The molecule has 1 unspecified atom stereocenters. The number of rotatable bonds is 4. The second kappa shape index (κ2) is 6.05. The van der Waals surface area contributed by atoms with Crippen molar-refractivity contribution in [1.29, 1.82) is 0 Å². The fraction of sp³-hybridized carbons (Fsp3) is 0.278. The minimum absolute atomic E-state index is 0.0745. The molecule has 0 aliphatic carbocycles. The Kier molecular flexibility index (Phi) is 4.07. The first kappa shape index (κ1) is 16.1. The summed E-state index contributed by atoms with van der Waals surface area (Å²) >= 11 is 0. The van der Waals surface area contributed by atoms with Crippen LogP contribution in [0.4, 0.5) is 10.5 Å². The van der Waals surface area contributed by atoms with Gasteiger partial charge in [0.2, 0.25) is 0 Å². The number of aliphatic hydroxyl groups is 1. The number of carbonyl (C=O) groups excluding carboxylic acids is 1. The van der Waals surface area contributed by atoms with Gasteiger partial charge in [-0.05, 0) is 51.1 Å². The van der Waals surface area contributed by atoms with Crippen LogP contribution in [0.25, 0.3) is 10.9 Å². The van der Waals surface area contributed by atoms with E-state index < -0.39 is 5.60 Å². The molecule has 0 radical (unpaired) electrons. The van der Waals surface area contributed by atoms with E-state index in [1.807, 2.05) is 37.4 Å². The lowest BCUT2D eigenvalue weighted by Crippen LogP contribution is -2.40. The van der Waals surface area contributed by atoms with E-state index in [0.29, 0.717) is 17.0 Å². The number of amides is 2. The molecule has 2 heterocycles. The van der Waals surface area contributed by atoms with Crippen LogP contribution >= 0.6 is 0 Å². The molecule has 0 aliphatic rings. The molecular formula is C18H21N3O3. The predicted octanol–water partition coefficient (Wildman–Crippen LogP) is 3.41. The molecule has 1 atom stereocenters. The number of H-pyrrole nitrogens is 1. The van der Waals surface area contributed by atoms with Gasteiger partial charge in [-0.2, -0.15) is 0 Å². The van der Waals surface area contributed by atoms with Gasteiger partial charge in [0, 0.05) is 28.4 Å². The molecule has 0 bridgehead atoms. The predicted molar refractivity (Wildman–Crippen MR) is 93.1 cm³/mol. The van der Waals surface area contributed by atoms with Gasteiger partial charge in [0.25, 0.3) is 0 Å². The number of hydrogen-bond acceptors (Lipinski definition) is 3. The first-order chi connectivity index (χ1) is 11.3. The van der Waals surface area contributed by atoms with E-state index in [-0.39, 0.29) is 12.6 Å². The maximum Gasteiger partial charge on any atom is 0.319 e. The zero-order chi connectivity index (χ0) is 17.3. The normalized spacial score (nSPS) is 13.7. The molecule has 126 valence electrons. The third kappa shape index (κ3) is 3.28. The number of furan rings is 1. The van der Waals surface area contributed by atoms with E-state index in [4.69, 9.17) is 4.42 Å². The van der Waals surface area contributed by atoms with Gasteiger partial charge in [-0.15, -0.1) is 0 Å². The summed E-state index contributed by atoms with van der Waals surface area (Å²) in [4.78, 5) is 15.2. The Bertz CT molecular complexity index is 877. The van der Waals surface area contributed by atoms with Gasteiger partial charge >= 0.3 is 6.03 Å². The molecule has 0 fully saturated rings. The number of aryl methyl sites for hydroxylation is 2. The van der Waals surface area contributed by atoms with Crippen molar-refractivity contribution in [2.45, 2.75) is 26.4 Å². The van der Waals surface area contributed by atoms with Gasteiger partial charge in [0.1, 0.15) is 17.1 Å². The average molecular weight is 327 g/mol. The Balaban J connectivity index is 1.63. The maximum absolute atomic E-state index is 12.1. The van der Waals surface area contributed by atoms with Crippen LogP contribution < -0.4 is 10.6 Å². The highest BCUT2D eigenvalue weighted by Gasteiger charge is 2.28. The zero-order valence-corrected chi connectivity index (χ0v) is 13.9. The van der Waals surface area contributed by atoms with Crippen molar-refractivity contribution in [3.63, 3.8) is 0 Å². The first-order valence-electron chi connectivity index (χ1n) is 7.77. The van der Waals surface area contributed by atoms with E-state index in [9.17, 15) is 9.90 Å². The van der Waals surface area contributed by atoms with Gasteiger partial charge in [-0.1, -0.05) is 0 Å². The fourth-order valence-electron chi connectivity index (χ4n) is 2.82. The number of aromatic amines is 1. The standard InChI is InChI=1S/C18H21N3O3/c1-11-8-15(12(2)24-11)18(3,23)10-20-17(22)21-14-4-5-16-13(9-14)6-7-19-16/h4-9,19,23H,10H2,1-3H3,(H2,20,21,22). The summed E-state index contributed by atoms with van der Waals surface area (Å²) in [7, 11) is 0. The van der Waals surface area contributed by atoms with Crippen LogP contribution in [0.15, 0.2) is 40.9 Å². The van der Waals surface area contributed by atoms with Gasteiger partial charge in [-0.25, -0.2) is 4.79 Å². The van der Waals surface area contributed by atoms with Crippen LogP contribution in [0.2, 0.25) is 0 Å². The summed E-state index contributed by atoms with van der Waals surface area (Å²) < 4.78 is 5.45. The molecule has 6 heteroatoms. The van der Waals surface area contributed by atoms with Gasteiger partial charge in [0.05, 0.1) is 6.54 Å². The lowest BCUT2D eigenvalue weighted by Gasteiger charge is -2.23. The molecule has 6 nitrogen and oxygen atoms in total. The van der Waals surface area contributed by atoms with Crippen LogP contribution in [0, 0.1) is 13.8 Å². The number of nitrogens with one attached hydrogen (secondary N) is 3. The van der Waals surface area contributed by atoms with Gasteiger partial charge in [0.15, 0.2) is 0 Å². The zero-order valence-electron chi connectivity index (χ0n) is 13.9. The smallest absolute Gasteiger partial charge is 0.319 e. The molecule has 2 amide bonds. The van der Waals surface area contributed by atoms with Crippen LogP contribution in [0.3, 0.4) is 0 Å². The van der Waals surface area contributed by atoms with Crippen molar-refractivity contribution < 1.29 is 14.3 Å². The largest absolute Gasteiger partial charge is 0.466 e. The molecule has 0 saturated carbocycles. The van der Waals surface area contributed by atoms with Crippen molar-refractivity contribution in [1.82, 2.24) is 10.3 Å². The lowest BCUT2D eigenvalue weighted by molar-refractivity contribution is 0.0584. The van der Waals surface area contributed by atoms with E-state index in [1.165, 1.54) is 0 Å². The average Bonchev–Trinajstić information content (AvgIpc) is 3.11. The molecule has 0 spiro atoms. The number of urea groups is 1. The Labute approximate surface area is 139 Å². The van der Waals surface area contributed by atoms with E-state index in [1.54, 1.807) is 19.9 Å². The second-order valence-corrected chi connectivity index (χ2v) is 6.19. The highest BCUT2D eigenvalue weighted by molar-refractivity contribution is 5.92. The minimum Gasteiger partial charge on any atom is -0.466 e. The van der Waals surface area contributed by atoms with Crippen LogP contribution in [-0.4, -0.2) is 22.7 Å². The molecule has 3 rings (SSSR count). The molecule has 4 N–H and O–H groups in total. The first-order valence-corrected chi connectivity index (χ1v) is 7.77. The molecule has 2 aromatic heterocycles. The number of anilines is 1. The second-order valence-electron chi connectivity index (χ2n) is 6.19. The van der Waals surface area contributed by atoms with E-state index in [0.717, 1.165) is 16.7 Å². The van der Waals surface area contributed by atoms with Crippen molar-refractivity contribution in [2.24, 2.45) is 0 Å². The van der Waals surface area contributed by atoms with Gasteiger partial charge < -0.3 is 25.1 Å². The minimum atomic E-state index is -1.20. The summed E-state index contributed by atoms with van der Waals surface area (Å²) in [6.45, 7) is 5.34. The third-order valence-corrected chi connectivity index (χ3v) is 4.03. The molecule has 0 aliphatic heterocycles. The van der Waals surface area contributed by atoms with Crippen molar-refractivity contribution in [2.75, 3.05) is 11.9 Å². The Hall–Kier alpha value is -2.73. The molecule has 1 aromatic carbocycles. The summed E-state index contributed by atoms with van der Waals surface area (Å²) in [6, 6.07) is 8.96. The molecule has 0 saturated heterocycles. The number of fused-ring (bicyclic) bond motifs is 1. The summed E-state index contributed by atoms with van der Waals surface area (Å²) in [5.74, 6) is 1.38. The van der Waals surface area contributed by atoms with Crippen molar-refractivity contribution in [3.05, 3.63) is 53.6 Å². The molecular weight excluding hydrogens is 306 g/mol. The van der Waals surface area contributed by atoms with Crippen LogP contribution in [0.1, 0.15) is 24.0 Å². The molecule has 3 aromatic rings. The Morgan fingerprint density at radius 3 is 2.79 bits per heavy atom. The van der Waals surface area contributed by atoms with Gasteiger partial charge in [-0.3, -0.25) is 0 Å². The number of hydrogen-bond donors (Lipinski definition) is 4. The maximum atomic E-state index is 12.1. The highest BCUT2D eigenvalue weighted by Crippen LogP contribution is 2.26. The quantitative estimate of drug-likeness (QED) is 0.592. The van der Waals surface area contributed by atoms with Crippen LogP contribution in [0.5, 0.6) is 0 Å². The van der Waals surface area contributed by atoms with E-state index >= 15 is 0 Å². The SMILES string of the molecule is Cc1cc(C(C)(O)CNC(=O)Nc2ccc3[nH]ccc3c2)c(C)o1. The monoisotopic (exact) mass is 327 g/mol. The molecule has 24 heavy (non-hydrogen) atoms. The Morgan fingerprint density at radius 2 is 2.08 bits per heavy atom. The van der Waals surface area contributed by atoms with Crippen molar-refractivity contribution in [3.8, 4) is 0 Å². The van der Waals surface area contributed by atoms with Crippen LogP contribution in [-0.2, 0) is 5.60 Å².